The van der Waals surface area contributed by atoms with Gasteiger partial charge in [0.25, 0.3) is 11.6 Å². The van der Waals surface area contributed by atoms with Gasteiger partial charge in [0, 0.05) is 6.07 Å². The number of nitro groups is 1. The predicted octanol–water partition coefficient (Wildman–Crippen LogP) is 2.48. The molecule has 0 heterocycles. The number of hydrogen-bond acceptors (Lipinski definition) is 6. The highest BCUT2D eigenvalue weighted by molar-refractivity contribution is 6.32. The third-order valence-electron chi connectivity index (χ3n) is 2.80. The molecule has 0 fully saturated rings. The number of nitrogens with zero attached hydrogens (tertiary/aromatic N) is 2. The predicted molar refractivity (Wildman–Crippen MR) is 87.4 cm³/mol. The number of phenolic OH excluding ortho intramolecular Hbond substituents is 1. The molecule has 2 N–H and O–H groups in total. The van der Waals surface area contributed by atoms with E-state index in [4.69, 9.17) is 16.3 Å². The molecule has 0 aliphatic rings. The first kappa shape index (κ1) is 17.2. The standard InChI is InChI=1S/C15H12ClN3O5/c16-12-3-1-2-4-14(12)24-9-15(21)18-17-8-10-7-11(20)5-6-13(10)19(22)23/h1-8,20H,9H2,(H,18,21)/b17-8-. The molecule has 0 unspecified atom stereocenters. The monoisotopic (exact) mass is 349 g/mol. The van der Waals surface area contributed by atoms with E-state index in [2.05, 4.69) is 10.5 Å². The fourth-order valence-electron chi connectivity index (χ4n) is 1.72. The fraction of sp³-hybridized carbons (Fsp3) is 0.0667. The van der Waals surface area contributed by atoms with Gasteiger partial charge in [-0.1, -0.05) is 23.7 Å². The van der Waals surface area contributed by atoms with Gasteiger partial charge in [-0.05, 0) is 24.3 Å². The maximum absolute atomic E-state index is 11.6. The maximum atomic E-state index is 11.6. The third kappa shape index (κ3) is 4.68. The number of nitrogens with one attached hydrogen (secondary N) is 1. The molecule has 124 valence electrons. The Balaban J connectivity index is 1.94. The second-order valence-electron chi connectivity index (χ2n) is 4.51. The first-order chi connectivity index (χ1) is 11.5. The molecule has 0 atom stereocenters. The van der Waals surface area contributed by atoms with Gasteiger partial charge in [0.2, 0.25) is 0 Å². The molecule has 8 nitrogen and oxygen atoms in total. The van der Waals surface area contributed by atoms with Crippen molar-refractivity contribution in [2.45, 2.75) is 0 Å². The Morgan fingerprint density at radius 2 is 2.12 bits per heavy atom. The number of ether oxygens (including phenoxy) is 1. The average Bonchev–Trinajstić information content (AvgIpc) is 2.54. The van der Waals surface area contributed by atoms with Crippen molar-refractivity contribution in [3.63, 3.8) is 0 Å². The van der Waals surface area contributed by atoms with Gasteiger partial charge in [0.1, 0.15) is 11.5 Å². The van der Waals surface area contributed by atoms with Crippen molar-refractivity contribution in [2.75, 3.05) is 6.61 Å². The van der Waals surface area contributed by atoms with Crippen LogP contribution < -0.4 is 10.2 Å². The minimum Gasteiger partial charge on any atom is -0.508 e. The topological polar surface area (TPSA) is 114 Å². The maximum Gasteiger partial charge on any atom is 0.278 e. The van der Waals surface area contributed by atoms with E-state index >= 15 is 0 Å². The molecule has 9 heteroatoms. The Morgan fingerprint density at radius 1 is 1.38 bits per heavy atom. The van der Waals surface area contributed by atoms with Gasteiger partial charge in [-0.25, -0.2) is 5.43 Å². The van der Waals surface area contributed by atoms with Crippen LogP contribution in [0.15, 0.2) is 47.6 Å². The summed E-state index contributed by atoms with van der Waals surface area (Å²) in [6.07, 6.45) is 1.06. The lowest BCUT2D eigenvalue weighted by atomic mass is 10.2. The number of rotatable bonds is 6. The van der Waals surface area contributed by atoms with Crippen LogP contribution in [0.4, 0.5) is 5.69 Å². The van der Waals surface area contributed by atoms with E-state index in [0.717, 1.165) is 18.3 Å². The van der Waals surface area contributed by atoms with Gasteiger partial charge >= 0.3 is 0 Å². The number of benzene rings is 2. The smallest absolute Gasteiger partial charge is 0.278 e. The van der Waals surface area contributed by atoms with Crippen LogP contribution in [-0.4, -0.2) is 28.8 Å². The van der Waals surface area contributed by atoms with Crippen molar-refractivity contribution in [3.8, 4) is 11.5 Å². The van der Waals surface area contributed by atoms with E-state index in [0.29, 0.717) is 10.8 Å². The number of hydrogen-bond donors (Lipinski definition) is 2. The van der Waals surface area contributed by atoms with Gasteiger partial charge < -0.3 is 9.84 Å². The van der Waals surface area contributed by atoms with Crippen LogP contribution in [0, 0.1) is 10.1 Å². The summed E-state index contributed by atoms with van der Waals surface area (Å²) in [6.45, 7) is -0.330. The van der Waals surface area contributed by atoms with Crippen LogP contribution in [0.2, 0.25) is 5.02 Å². The molecule has 2 rings (SSSR count). The zero-order valence-electron chi connectivity index (χ0n) is 12.2. The molecule has 2 aromatic rings. The number of aromatic hydroxyl groups is 1. The average molecular weight is 350 g/mol. The van der Waals surface area contributed by atoms with Crippen LogP contribution in [0.25, 0.3) is 0 Å². The molecule has 0 spiro atoms. The van der Waals surface area contributed by atoms with Crippen molar-refractivity contribution in [2.24, 2.45) is 5.10 Å². The first-order valence-corrected chi connectivity index (χ1v) is 7.02. The molecular weight excluding hydrogens is 338 g/mol. The Kier molecular flexibility index (Phi) is 5.69. The minimum absolute atomic E-state index is 0.0484. The third-order valence-corrected chi connectivity index (χ3v) is 3.11. The number of phenols is 1. The van der Waals surface area contributed by atoms with E-state index in [9.17, 15) is 20.0 Å². The highest BCUT2D eigenvalue weighted by Gasteiger charge is 2.12. The summed E-state index contributed by atoms with van der Waals surface area (Å²) in [5, 5.41) is 24.2. The van der Waals surface area contributed by atoms with Gasteiger partial charge in [-0.2, -0.15) is 5.10 Å². The van der Waals surface area contributed by atoms with Gasteiger partial charge in [-0.15, -0.1) is 0 Å². The lowest BCUT2D eigenvalue weighted by Gasteiger charge is -2.06. The Labute approximate surface area is 141 Å². The number of para-hydroxylation sites is 1. The number of halogens is 1. The number of carbonyl (C=O) groups is 1. The second-order valence-corrected chi connectivity index (χ2v) is 4.92. The van der Waals surface area contributed by atoms with Crippen LogP contribution in [0.1, 0.15) is 5.56 Å². The Hall–Kier alpha value is -3.13. The Bertz CT molecular complexity index is 794. The quantitative estimate of drug-likeness (QED) is 0.472. The number of carbonyl (C=O) groups excluding carboxylic acids is 1. The van der Waals surface area contributed by atoms with Crippen molar-refractivity contribution >= 4 is 29.4 Å². The number of nitro benzene ring substituents is 1. The summed E-state index contributed by atoms with van der Waals surface area (Å²) in [7, 11) is 0. The zero-order valence-corrected chi connectivity index (χ0v) is 12.9. The highest BCUT2D eigenvalue weighted by Crippen LogP contribution is 2.23. The molecule has 0 aliphatic carbocycles. The van der Waals surface area contributed by atoms with Gasteiger partial charge in [0.05, 0.1) is 21.7 Å². The summed E-state index contributed by atoms with van der Waals surface area (Å²) in [5.74, 6) is -0.383. The Morgan fingerprint density at radius 3 is 2.83 bits per heavy atom. The van der Waals surface area contributed by atoms with Crippen LogP contribution in [0.5, 0.6) is 11.5 Å². The van der Waals surface area contributed by atoms with Crippen LogP contribution in [0.3, 0.4) is 0 Å². The van der Waals surface area contributed by atoms with Gasteiger partial charge in [-0.3, -0.25) is 14.9 Å². The first-order valence-electron chi connectivity index (χ1n) is 6.64. The molecule has 1 amide bonds. The highest BCUT2D eigenvalue weighted by atomic mass is 35.5. The van der Waals surface area contributed by atoms with Crippen LogP contribution in [-0.2, 0) is 4.79 Å². The molecule has 0 bridgehead atoms. The number of hydrazone groups is 1. The lowest BCUT2D eigenvalue weighted by Crippen LogP contribution is -2.24. The molecule has 0 saturated carbocycles. The van der Waals surface area contributed by atoms with E-state index in [1.165, 1.54) is 6.07 Å². The fourth-order valence-corrected chi connectivity index (χ4v) is 1.91. The molecule has 0 aliphatic heterocycles. The van der Waals surface area contributed by atoms with Crippen molar-refractivity contribution in [1.29, 1.82) is 0 Å². The normalized spacial score (nSPS) is 10.5. The summed E-state index contributed by atoms with van der Waals surface area (Å²) < 4.78 is 5.22. The van der Waals surface area contributed by atoms with E-state index in [-0.39, 0.29) is 23.6 Å². The van der Waals surface area contributed by atoms with Gasteiger partial charge in [0.15, 0.2) is 6.61 Å². The largest absolute Gasteiger partial charge is 0.508 e. The SMILES string of the molecule is O=C(COc1ccccc1Cl)N/N=C\c1cc(O)ccc1[N+](=O)[O-]. The zero-order chi connectivity index (χ0) is 17.5. The van der Waals surface area contributed by atoms with E-state index in [1.54, 1.807) is 24.3 Å². The summed E-state index contributed by atoms with van der Waals surface area (Å²) in [4.78, 5) is 21.9. The van der Waals surface area contributed by atoms with Crippen molar-refractivity contribution in [1.82, 2.24) is 5.43 Å². The summed E-state index contributed by atoms with van der Waals surface area (Å²) in [5.41, 5.74) is 1.96. The molecule has 0 aromatic heterocycles. The molecular formula is C15H12ClN3O5. The minimum atomic E-state index is -0.622. The van der Waals surface area contributed by atoms with E-state index < -0.39 is 10.8 Å². The molecule has 0 saturated heterocycles. The summed E-state index contributed by atoms with van der Waals surface area (Å²) >= 11 is 5.88. The lowest BCUT2D eigenvalue weighted by molar-refractivity contribution is -0.385. The summed E-state index contributed by atoms with van der Waals surface area (Å²) in [6, 6.07) is 10.1. The molecule has 24 heavy (non-hydrogen) atoms. The second kappa shape index (κ2) is 7.93. The van der Waals surface area contributed by atoms with Crippen molar-refractivity contribution in [3.05, 3.63) is 63.2 Å². The van der Waals surface area contributed by atoms with E-state index in [1.807, 2.05) is 0 Å². The molecule has 2 aromatic carbocycles. The van der Waals surface area contributed by atoms with Crippen molar-refractivity contribution < 1.29 is 19.6 Å². The number of amides is 1. The molecule has 0 radical (unpaired) electrons. The van der Waals surface area contributed by atoms with Crippen LogP contribution >= 0.6 is 11.6 Å².